The fraction of sp³-hybridized carbons (Fsp3) is 0.292. The summed E-state index contributed by atoms with van der Waals surface area (Å²) >= 11 is 0. The predicted molar refractivity (Wildman–Crippen MR) is 116 cm³/mol. The van der Waals surface area contributed by atoms with Crippen LogP contribution < -0.4 is 20.3 Å². The zero-order valence-corrected chi connectivity index (χ0v) is 16.9. The molecule has 0 saturated carbocycles. The highest BCUT2D eigenvalue weighted by Gasteiger charge is 2.16. The van der Waals surface area contributed by atoms with E-state index in [0.29, 0.717) is 5.49 Å². The predicted octanol–water partition coefficient (Wildman–Crippen LogP) is 3.50. The summed E-state index contributed by atoms with van der Waals surface area (Å²) in [6, 6.07) is 9.54. The van der Waals surface area contributed by atoms with E-state index in [9.17, 15) is 4.39 Å². The number of aromatic nitrogens is 1. The number of hydrogen-bond acceptors (Lipinski definition) is 3. The van der Waals surface area contributed by atoms with Crippen LogP contribution in [0, 0.1) is 11.8 Å². The topological polar surface area (TPSA) is 40.6 Å². The van der Waals surface area contributed by atoms with Crippen LogP contribution in [0.3, 0.4) is 0 Å². The standard InChI is InChI=1S/C24H24FN3O.H2/c1-16-23(25)15-18-14-19(27-24(18)26-16)7-4-17-5-10-21(11-6-17)29-22-12-8-20(9-13-22)28(2)3;/h5,8-10,12-16,23H,6,11H2,1-3H3,(H,26,27);1H. The number of allylic oxidation sites excluding steroid dienone is 4. The van der Waals surface area contributed by atoms with Crippen LogP contribution in [-0.2, 0) is 0 Å². The van der Waals surface area contributed by atoms with E-state index in [0.717, 1.165) is 46.5 Å². The lowest BCUT2D eigenvalue weighted by molar-refractivity contribution is 0.364. The quantitative estimate of drug-likeness (QED) is 0.814. The molecule has 5 heteroatoms. The highest BCUT2D eigenvalue weighted by atomic mass is 19.1. The molecule has 0 bridgehead atoms. The largest absolute Gasteiger partial charge is 0.462 e. The summed E-state index contributed by atoms with van der Waals surface area (Å²) in [7, 11) is 4.03. The second-order valence-electron chi connectivity index (χ2n) is 7.53. The van der Waals surface area contributed by atoms with Crippen LogP contribution in [0.15, 0.2) is 58.8 Å². The van der Waals surface area contributed by atoms with Crippen molar-refractivity contribution < 1.29 is 10.6 Å². The minimum atomic E-state index is -1.04. The van der Waals surface area contributed by atoms with Gasteiger partial charge < -0.3 is 14.6 Å². The van der Waals surface area contributed by atoms with Gasteiger partial charge in [0.1, 0.15) is 23.2 Å². The molecule has 1 aromatic carbocycles. The minimum Gasteiger partial charge on any atom is -0.462 e. The average Bonchev–Trinajstić information content (AvgIpc) is 3.10. The van der Waals surface area contributed by atoms with Gasteiger partial charge in [-0.1, -0.05) is 5.92 Å². The Bertz CT molecular complexity index is 1110. The average molecular weight is 391 g/mol. The van der Waals surface area contributed by atoms with Gasteiger partial charge in [0.2, 0.25) is 0 Å². The van der Waals surface area contributed by atoms with Gasteiger partial charge in [-0.15, -0.1) is 0 Å². The Balaban J connectivity index is 0.00000256. The van der Waals surface area contributed by atoms with Crippen LogP contribution in [0.2, 0.25) is 0 Å². The van der Waals surface area contributed by atoms with Gasteiger partial charge in [0.05, 0.1) is 11.7 Å². The maximum Gasteiger partial charge on any atom is 0.141 e. The maximum atomic E-state index is 13.8. The van der Waals surface area contributed by atoms with E-state index in [-0.39, 0.29) is 7.47 Å². The van der Waals surface area contributed by atoms with Crippen molar-refractivity contribution in [2.75, 3.05) is 19.0 Å². The molecule has 0 saturated heterocycles. The highest BCUT2D eigenvalue weighted by Crippen LogP contribution is 2.24. The van der Waals surface area contributed by atoms with Crippen molar-refractivity contribution in [3.8, 4) is 17.6 Å². The van der Waals surface area contributed by atoms with E-state index in [2.05, 4.69) is 26.7 Å². The van der Waals surface area contributed by atoms with Gasteiger partial charge in [0.15, 0.2) is 0 Å². The van der Waals surface area contributed by atoms with Gasteiger partial charge in [-0.05, 0) is 67.8 Å². The Morgan fingerprint density at radius 3 is 2.66 bits per heavy atom. The molecule has 1 aliphatic heterocycles. The van der Waals surface area contributed by atoms with Gasteiger partial charge in [-0.25, -0.2) is 4.39 Å². The SMILES string of the molecule is CC1N=c2[nH]c(C#CC3=CC=C(Oc4ccc(N(C)C)cc4)CC3)cc2=CC1F.[HH]. The van der Waals surface area contributed by atoms with Gasteiger partial charge >= 0.3 is 0 Å². The van der Waals surface area contributed by atoms with E-state index in [1.54, 1.807) is 13.0 Å². The van der Waals surface area contributed by atoms with E-state index in [4.69, 9.17) is 4.74 Å². The number of alkyl halides is 1. The van der Waals surface area contributed by atoms with Gasteiger partial charge in [-0.3, -0.25) is 4.99 Å². The highest BCUT2D eigenvalue weighted by molar-refractivity contribution is 5.48. The van der Waals surface area contributed by atoms with Crippen molar-refractivity contribution in [1.82, 2.24) is 4.98 Å². The van der Waals surface area contributed by atoms with Crippen LogP contribution >= 0.6 is 0 Å². The monoisotopic (exact) mass is 391 g/mol. The van der Waals surface area contributed by atoms with Gasteiger partial charge in [0, 0.05) is 38.4 Å². The second-order valence-corrected chi connectivity index (χ2v) is 7.53. The molecule has 0 fully saturated rings. The first kappa shape index (κ1) is 19.1. The summed E-state index contributed by atoms with van der Waals surface area (Å²) in [6.07, 6.45) is 6.18. The summed E-state index contributed by atoms with van der Waals surface area (Å²) in [5, 5.41) is 0.786. The first-order valence-corrected chi connectivity index (χ1v) is 9.78. The van der Waals surface area contributed by atoms with Crippen LogP contribution in [0.4, 0.5) is 10.1 Å². The number of fused-ring (bicyclic) bond motifs is 1. The van der Waals surface area contributed by atoms with Crippen molar-refractivity contribution in [3.05, 3.63) is 70.2 Å². The number of nitrogens with zero attached hydrogens (tertiary/aromatic N) is 2. The Hall–Kier alpha value is -3.26. The van der Waals surface area contributed by atoms with Crippen molar-refractivity contribution in [1.29, 1.82) is 0 Å². The lowest BCUT2D eigenvalue weighted by atomic mass is 10.0. The lowest BCUT2D eigenvalue weighted by Crippen LogP contribution is -2.34. The fourth-order valence-electron chi connectivity index (χ4n) is 3.27. The molecule has 1 aliphatic carbocycles. The Labute approximate surface area is 171 Å². The summed E-state index contributed by atoms with van der Waals surface area (Å²) in [4.78, 5) is 9.56. The number of halogens is 1. The van der Waals surface area contributed by atoms with Crippen molar-refractivity contribution >= 4 is 11.8 Å². The molecule has 2 heterocycles. The summed E-state index contributed by atoms with van der Waals surface area (Å²) < 4.78 is 19.7. The molecule has 0 spiro atoms. The fourth-order valence-corrected chi connectivity index (χ4v) is 3.27. The lowest BCUT2D eigenvalue weighted by Gasteiger charge is -2.15. The number of hydrogen-bond donors (Lipinski definition) is 1. The van der Waals surface area contributed by atoms with Crippen molar-refractivity contribution in [3.63, 3.8) is 0 Å². The van der Waals surface area contributed by atoms with Crippen molar-refractivity contribution in [2.24, 2.45) is 4.99 Å². The second kappa shape index (κ2) is 8.00. The Kier molecular flexibility index (Phi) is 5.26. The molecular formula is C24H26FN3O. The Morgan fingerprint density at radius 2 is 1.97 bits per heavy atom. The van der Waals surface area contributed by atoms with E-state index < -0.39 is 6.17 Å². The number of rotatable bonds is 3. The summed E-state index contributed by atoms with van der Waals surface area (Å²) in [6.45, 7) is 1.77. The third-order valence-corrected chi connectivity index (χ3v) is 5.03. The molecule has 1 aromatic heterocycles. The normalized spacial score (nSPS) is 20.1. The van der Waals surface area contributed by atoms with Crippen molar-refractivity contribution in [2.45, 2.75) is 32.0 Å². The molecule has 2 unspecified atom stereocenters. The summed E-state index contributed by atoms with van der Waals surface area (Å²) in [5.41, 5.74) is 3.65. The van der Waals surface area contributed by atoms with E-state index in [1.165, 1.54) is 0 Å². The molecule has 4 nitrogen and oxygen atoms in total. The first-order chi connectivity index (χ1) is 14.0. The van der Waals surface area contributed by atoms with E-state index in [1.807, 2.05) is 56.6 Å². The number of benzene rings is 1. The molecule has 29 heavy (non-hydrogen) atoms. The third-order valence-electron chi connectivity index (χ3n) is 5.03. The number of ether oxygens (including phenoxy) is 1. The molecule has 2 aliphatic rings. The number of anilines is 1. The van der Waals surface area contributed by atoms with Gasteiger partial charge in [-0.2, -0.15) is 0 Å². The Morgan fingerprint density at radius 1 is 1.17 bits per heavy atom. The zero-order valence-electron chi connectivity index (χ0n) is 16.9. The molecule has 150 valence electrons. The smallest absolute Gasteiger partial charge is 0.141 e. The number of aromatic amines is 1. The molecule has 2 aromatic rings. The van der Waals surface area contributed by atoms with Crippen LogP contribution in [-0.4, -0.2) is 31.3 Å². The molecular weight excluding hydrogens is 365 g/mol. The molecule has 1 N–H and O–H groups in total. The zero-order chi connectivity index (χ0) is 20.4. The number of nitrogens with one attached hydrogen (secondary N) is 1. The maximum absolute atomic E-state index is 13.8. The number of H-pyrrole nitrogens is 1. The first-order valence-electron chi connectivity index (χ1n) is 9.78. The molecule has 4 rings (SSSR count). The van der Waals surface area contributed by atoms with E-state index >= 15 is 0 Å². The third kappa shape index (κ3) is 4.43. The molecule has 2 atom stereocenters. The minimum absolute atomic E-state index is 0. The van der Waals surface area contributed by atoms with Gasteiger partial charge in [0.25, 0.3) is 0 Å². The summed E-state index contributed by atoms with van der Waals surface area (Å²) in [5.74, 6) is 8.10. The van der Waals surface area contributed by atoms with Crippen LogP contribution in [0.25, 0.3) is 6.08 Å². The molecule has 0 amide bonds. The molecule has 0 radical (unpaired) electrons. The van der Waals surface area contributed by atoms with Crippen LogP contribution in [0.1, 0.15) is 26.9 Å². The van der Waals surface area contributed by atoms with Crippen LogP contribution in [0.5, 0.6) is 5.75 Å².